The van der Waals surface area contributed by atoms with E-state index in [1.54, 1.807) is 0 Å². The minimum atomic E-state index is -0.344. The topological polar surface area (TPSA) is 79.1 Å². The van der Waals surface area contributed by atoms with Crippen molar-refractivity contribution in [2.75, 3.05) is 31.1 Å². The van der Waals surface area contributed by atoms with Crippen molar-refractivity contribution in [1.82, 2.24) is 9.80 Å². The summed E-state index contributed by atoms with van der Waals surface area (Å²) >= 11 is 3.77. The molecule has 1 aromatic carbocycles. The van der Waals surface area contributed by atoms with Crippen molar-refractivity contribution in [3.63, 3.8) is 0 Å². The van der Waals surface area contributed by atoms with Gasteiger partial charge in [-0.3, -0.25) is 4.79 Å². The monoisotopic (exact) mass is 504 g/mol. The smallest absolute Gasteiger partial charge is 0.356 e. The Morgan fingerprint density at radius 3 is 2.53 bits per heavy atom. The van der Waals surface area contributed by atoms with Crippen LogP contribution >= 0.6 is 15.9 Å². The summed E-state index contributed by atoms with van der Waals surface area (Å²) in [6, 6.07) is 6.48. The van der Waals surface area contributed by atoms with Crippen molar-refractivity contribution in [2.45, 2.75) is 58.7 Å². The molecule has 0 bridgehead atoms. The second kappa shape index (κ2) is 9.33. The van der Waals surface area contributed by atoms with Crippen molar-refractivity contribution in [2.24, 2.45) is 11.7 Å². The third-order valence-corrected chi connectivity index (χ3v) is 7.18. The number of halogens is 1. The Morgan fingerprint density at radius 2 is 1.94 bits per heavy atom. The fraction of sp³-hybridized carbons (Fsp3) is 0.583. The molecule has 1 amide bonds. The lowest BCUT2D eigenvalue weighted by molar-refractivity contribution is -0.141. The third kappa shape index (κ3) is 4.47. The number of fused-ring (bicyclic) bond motifs is 1. The summed E-state index contributed by atoms with van der Waals surface area (Å²) in [5.41, 5.74) is 9.40. The largest absolute Gasteiger partial charge is 0.461 e. The number of rotatable bonds is 9. The number of benzene rings is 1. The van der Waals surface area contributed by atoms with E-state index in [-0.39, 0.29) is 24.6 Å². The number of esters is 1. The predicted octanol–water partition coefficient (Wildman–Crippen LogP) is 3.74. The SMILES string of the molecule is CCC1=C(C(=O)OCC2CC2)N2CCN(c3ccc(C(C)C)cc3Br)C2N1CCC(N)=O. The molecule has 2 N–H and O–H groups in total. The average Bonchev–Trinajstić information content (AvgIpc) is 3.40. The quantitative estimate of drug-likeness (QED) is 0.516. The molecule has 1 atom stereocenters. The normalized spacial score (nSPS) is 20.4. The van der Waals surface area contributed by atoms with Gasteiger partial charge in [-0.25, -0.2) is 4.79 Å². The Hall–Kier alpha value is -2.22. The number of primary amides is 1. The molecule has 1 saturated carbocycles. The summed E-state index contributed by atoms with van der Waals surface area (Å²) in [5.74, 6) is 0.355. The lowest BCUT2D eigenvalue weighted by Gasteiger charge is -2.36. The van der Waals surface area contributed by atoms with E-state index in [1.807, 2.05) is 6.92 Å². The number of carbonyl (C=O) groups is 2. The first-order valence-corrected chi connectivity index (χ1v) is 12.4. The van der Waals surface area contributed by atoms with Gasteiger partial charge in [-0.1, -0.05) is 26.8 Å². The molecule has 1 saturated heterocycles. The van der Waals surface area contributed by atoms with Gasteiger partial charge in [-0.2, -0.15) is 0 Å². The number of ether oxygens (including phenoxy) is 1. The summed E-state index contributed by atoms with van der Waals surface area (Å²) in [7, 11) is 0. The van der Waals surface area contributed by atoms with E-state index in [4.69, 9.17) is 10.5 Å². The van der Waals surface area contributed by atoms with Crippen molar-refractivity contribution in [3.8, 4) is 0 Å². The maximum Gasteiger partial charge on any atom is 0.356 e. The number of allylic oxidation sites excluding steroid dienone is 1. The molecule has 4 rings (SSSR count). The number of hydrogen-bond acceptors (Lipinski definition) is 6. The van der Waals surface area contributed by atoms with Crippen LogP contribution in [0.3, 0.4) is 0 Å². The number of nitrogens with zero attached hydrogens (tertiary/aromatic N) is 3. The zero-order chi connectivity index (χ0) is 23.0. The lowest BCUT2D eigenvalue weighted by atomic mass is 10.0. The van der Waals surface area contributed by atoms with Crippen molar-refractivity contribution in [1.29, 1.82) is 0 Å². The second-order valence-electron chi connectivity index (χ2n) is 9.20. The van der Waals surface area contributed by atoms with E-state index in [9.17, 15) is 9.59 Å². The first-order chi connectivity index (χ1) is 15.3. The molecule has 174 valence electrons. The summed E-state index contributed by atoms with van der Waals surface area (Å²) in [5, 5.41) is 0. The van der Waals surface area contributed by atoms with Gasteiger partial charge in [0.2, 0.25) is 5.91 Å². The number of amides is 1. The van der Waals surface area contributed by atoms with Gasteiger partial charge in [0.15, 0.2) is 6.29 Å². The predicted molar refractivity (Wildman–Crippen MR) is 128 cm³/mol. The minimum Gasteiger partial charge on any atom is -0.461 e. The van der Waals surface area contributed by atoms with Crippen LogP contribution in [0.15, 0.2) is 34.1 Å². The second-order valence-corrected chi connectivity index (χ2v) is 10.1. The third-order valence-electron chi connectivity index (χ3n) is 6.55. The molecule has 2 aliphatic heterocycles. The maximum atomic E-state index is 13.1. The fourth-order valence-corrected chi connectivity index (χ4v) is 5.24. The maximum absolute atomic E-state index is 13.1. The Labute approximate surface area is 198 Å². The van der Waals surface area contributed by atoms with Crippen molar-refractivity contribution < 1.29 is 14.3 Å². The van der Waals surface area contributed by atoms with Crippen LogP contribution in [0.2, 0.25) is 0 Å². The van der Waals surface area contributed by atoms with Crippen LogP contribution in [0.25, 0.3) is 0 Å². The minimum absolute atomic E-state index is 0.172. The van der Waals surface area contributed by atoms with Gasteiger partial charge in [-0.05, 0) is 64.7 Å². The van der Waals surface area contributed by atoms with Crippen molar-refractivity contribution >= 4 is 33.5 Å². The molecule has 2 heterocycles. The highest BCUT2D eigenvalue weighted by molar-refractivity contribution is 9.10. The Morgan fingerprint density at radius 1 is 1.22 bits per heavy atom. The Kier molecular flexibility index (Phi) is 6.70. The molecule has 1 aromatic rings. The van der Waals surface area contributed by atoms with Gasteiger partial charge in [0.1, 0.15) is 5.70 Å². The number of hydrogen-bond donors (Lipinski definition) is 1. The highest BCUT2D eigenvalue weighted by atomic mass is 79.9. The Balaban J connectivity index is 1.65. The molecule has 1 aliphatic carbocycles. The van der Waals surface area contributed by atoms with E-state index in [2.05, 4.69) is 62.7 Å². The number of carbonyl (C=O) groups excluding carboxylic acids is 2. The van der Waals surface area contributed by atoms with E-state index in [0.717, 1.165) is 35.2 Å². The molecule has 8 heteroatoms. The van der Waals surface area contributed by atoms with Crippen LogP contribution in [0.5, 0.6) is 0 Å². The van der Waals surface area contributed by atoms with Crippen LogP contribution < -0.4 is 10.6 Å². The van der Waals surface area contributed by atoms with E-state index < -0.39 is 0 Å². The van der Waals surface area contributed by atoms with Gasteiger partial charge in [0.25, 0.3) is 0 Å². The lowest BCUT2D eigenvalue weighted by Crippen LogP contribution is -2.47. The zero-order valence-electron chi connectivity index (χ0n) is 19.1. The van der Waals surface area contributed by atoms with Gasteiger partial charge >= 0.3 is 5.97 Å². The molecular weight excluding hydrogens is 472 g/mol. The summed E-state index contributed by atoms with van der Waals surface area (Å²) in [6.07, 6.45) is 3.02. The molecule has 32 heavy (non-hydrogen) atoms. The van der Waals surface area contributed by atoms with E-state index in [0.29, 0.717) is 43.7 Å². The van der Waals surface area contributed by atoms with Crippen LogP contribution in [0.1, 0.15) is 57.9 Å². The molecule has 1 unspecified atom stereocenters. The van der Waals surface area contributed by atoms with Crippen LogP contribution in [0.4, 0.5) is 5.69 Å². The van der Waals surface area contributed by atoms with Gasteiger partial charge in [-0.15, -0.1) is 0 Å². The molecule has 0 spiro atoms. The van der Waals surface area contributed by atoms with E-state index >= 15 is 0 Å². The Bertz CT molecular complexity index is 928. The molecular formula is C24H33BrN4O3. The molecule has 0 aromatic heterocycles. The zero-order valence-corrected chi connectivity index (χ0v) is 20.7. The standard InChI is InChI=1S/C24H33BrN4O3/c1-4-19-22(23(31)32-14-16-5-6-16)29-12-11-28(24(29)27(19)10-9-21(26)30)20-8-7-17(15(2)3)13-18(20)25/h7-8,13,15-16,24H,4-6,9-12,14H2,1-3H3,(H2,26,30). The van der Waals surface area contributed by atoms with Gasteiger partial charge in [0.05, 0.1) is 12.3 Å². The van der Waals surface area contributed by atoms with E-state index in [1.165, 1.54) is 5.56 Å². The van der Waals surface area contributed by atoms with Crippen LogP contribution in [-0.4, -0.2) is 54.2 Å². The average molecular weight is 505 g/mol. The summed E-state index contributed by atoms with van der Waals surface area (Å²) < 4.78 is 6.72. The number of nitrogens with two attached hydrogens (primary N) is 1. The van der Waals surface area contributed by atoms with Gasteiger partial charge < -0.3 is 25.2 Å². The van der Waals surface area contributed by atoms with Crippen molar-refractivity contribution in [3.05, 3.63) is 39.6 Å². The fourth-order valence-electron chi connectivity index (χ4n) is 4.61. The first kappa shape index (κ1) is 23.0. The summed E-state index contributed by atoms with van der Waals surface area (Å²) in [6.45, 7) is 8.85. The van der Waals surface area contributed by atoms with Crippen LogP contribution in [0, 0.1) is 5.92 Å². The molecule has 3 aliphatic rings. The highest BCUT2D eigenvalue weighted by Gasteiger charge is 2.48. The number of anilines is 1. The molecule has 7 nitrogen and oxygen atoms in total. The molecule has 0 radical (unpaired) electrons. The van der Waals surface area contributed by atoms with Gasteiger partial charge in [0, 0.05) is 36.2 Å². The molecule has 2 fully saturated rings. The highest BCUT2D eigenvalue weighted by Crippen LogP contribution is 2.42. The van der Waals surface area contributed by atoms with Crippen LogP contribution in [-0.2, 0) is 14.3 Å². The summed E-state index contributed by atoms with van der Waals surface area (Å²) in [4.78, 5) is 31.3. The first-order valence-electron chi connectivity index (χ1n) is 11.6.